The monoisotopic (exact) mass is 454 g/mol. The van der Waals surface area contributed by atoms with Crippen LogP contribution < -0.4 is 19.3 Å². The first-order valence-electron chi connectivity index (χ1n) is 11.5. The minimum Gasteiger partial charge on any atom is -0.497 e. The van der Waals surface area contributed by atoms with E-state index in [1.165, 1.54) is 4.90 Å². The molecule has 6 heteroatoms. The highest BCUT2D eigenvalue weighted by molar-refractivity contribution is 6.46. The Morgan fingerprint density at radius 1 is 0.882 bits per heavy atom. The van der Waals surface area contributed by atoms with Gasteiger partial charge in [0.1, 0.15) is 17.2 Å². The standard InChI is InChI=1S/C28H26N2O4/c1-3-17-34-22-13-11-20(12-14-22)25-26(29-16-15-19-7-4-5-10-24(19)29)28(32)30(27(25)31)21-8-6-9-23(18-21)33-2/h4-14,18H,3,15-17H2,1-2H3. The zero-order valence-corrected chi connectivity index (χ0v) is 19.3. The van der Waals surface area contributed by atoms with Crippen molar-refractivity contribution < 1.29 is 19.1 Å². The van der Waals surface area contributed by atoms with Gasteiger partial charge in [0.25, 0.3) is 11.8 Å². The van der Waals surface area contributed by atoms with E-state index < -0.39 is 0 Å². The van der Waals surface area contributed by atoms with E-state index in [2.05, 4.69) is 13.0 Å². The van der Waals surface area contributed by atoms with Crippen molar-refractivity contribution in [3.8, 4) is 11.5 Å². The molecule has 0 saturated carbocycles. The molecular weight excluding hydrogens is 428 g/mol. The average Bonchev–Trinajstić information content (AvgIpc) is 3.40. The second kappa shape index (κ2) is 9.06. The number of hydrogen-bond donors (Lipinski definition) is 0. The van der Waals surface area contributed by atoms with E-state index in [0.29, 0.717) is 41.4 Å². The van der Waals surface area contributed by atoms with Crippen molar-refractivity contribution in [3.63, 3.8) is 0 Å². The molecule has 0 saturated heterocycles. The molecule has 0 unspecified atom stereocenters. The van der Waals surface area contributed by atoms with Crippen LogP contribution in [0.3, 0.4) is 0 Å². The van der Waals surface area contributed by atoms with Crippen LogP contribution in [0.25, 0.3) is 5.57 Å². The highest BCUT2D eigenvalue weighted by atomic mass is 16.5. The first-order valence-corrected chi connectivity index (χ1v) is 11.5. The van der Waals surface area contributed by atoms with E-state index >= 15 is 0 Å². The number of para-hydroxylation sites is 1. The van der Waals surface area contributed by atoms with Crippen LogP contribution in [0.1, 0.15) is 24.5 Å². The Hall–Kier alpha value is -4.06. The molecule has 0 aromatic heterocycles. The molecule has 6 nitrogen and oxygen atoms in total. The summed E-state index contributed by atoms with van der Waals surface area (Å²) in [5.74, 6) is 0.633. The van der Waals surface area contributed by atoms with E-state index in [4.69, 9.17) is 9.47 Å². The molecule has 172 valence electrons. The van der Waals surface area contributed by atoms with Crippen molar-refractivity contribution in [3.05, 3.63) is 89.6 Å². The molecule has 2 aliphatic heterocycles. The van der Waals surface area contributed by atoms with Crippen molar-refractivity contribution in [1.82, 2.24) is 0 Å². The molecule has 0 N–H and O–H groups in total. The summed E-state index contributed by atoms with van der Waals surface area (Å²) in [5.41, 5.74) is 4.10. The van der Waals surface area contributed by atoms with Crippen LogP contribution in [0.15, 0.2) is 78.5 Å². The summed E-state index contributed by atoms with van der Waals surface area (Å²) in [5, 5.41) is 0. The van der Waals surface area contributed by atoms with Gasteiger partial charge in [-0.2, -0.15) is 0 Å². The molecule has 0 fully saturated rings. The summed E-state index contributed by atoms with van der Waals surface area (Å²) < 4.78 is 11.0. The highest BCUT2D eigenvalue weighted by Crippen LogP contribution is 2.40. The SMILES string of the molecule is CCCOc1ccc(C2=C(N3CCc4ccccc43)C(=O)N(c3cccc(OC)c3)C2=O)cc1. The molecule has 5 rings (SSSR count). The van der Waals surface area contributed by atoms with Crippen LogP contribution in [0, 0.1) is 0 Å². The van der Waals surface area contributed by atoms with Crippen molar-refractivity contribution in [2.75, 3.05) is 30.1 Å². The number of anilines is 2. The lowest BCUT2D eigenvalue weighted by atomic mass is 10.0. The van der Waals surface area contributed by atoms with Gasteiger partial charge < -0.3 is 14.4 Å². The molecule has 2 amide bonds. The van der Waals surface area contributed by atoms with E-state index in [9.17, 15) is 9.59 Å². The number of methoxy groups -OCH3 is 1. The summed E-state index contributed by atoms with van der Waals surface area (Å²) in [7, 11) is 1.56. The van der Waals surface area contributed by atoms with E-state index in [1.54, 1.807) is 31.4 Å². The van der Waals surface area contributed by atoms with Gasteiger partial charge in [0, 0.05) is 18.3 Å². The van der Waals surface area contributed by atoms with E-state index in [1.807, 2.05) is 47.4 Å². The number of fused-ring (bicyclic) bond motifs is 1. The predicted octanol–water partition coefficient (Wildman–Crippen LogP) is 4.83. The highest BCUT2D eigenvalue weighted by Gasteiger charge is 2.44. The topological polar surface area (TPSA) is 59.1 Å². The van der Waals surface area contributed by atoms with Gasteiger partial charge in [0.05, 0.1) is 25.0 Å². The van der Waals surface area contributed by atoms with Crippen molar-refractivity contribution in [1.29, 1.82) is 0 Å². The minimum atomic E-state index is -0.347. The Kier molecular flexibility index (Phi) is 5.80. The molecular formula is C28H26N2O4. The molecule has 0 atom stereocenters. The number of amides is 2. The van der Waals surface area contributed by atoms with Crippen LogP contribution in [-0.4, -0.2) is 32.1 Å². The van der Waals surface area contributed by atoms with Crippen LogP contribution in [-0.2, 0) is 16.0 Å². The normalized spacial score (nSPS) is 15.2. The molecule has 0 radical (unpaired) electrons. The van der Waals surface area contributed by atoms with Gasteiger partial charge >= 0.3 is 0 Å². The lowest BCUT2D eigenvalue weighted by molar-refractivity contribution is -0.120. The summed E-state index contributed by atoms with van der Waals surface area (Å²) >= 11 is 0. The lowest BCUT2D eigenvalue weighted by Crippen LogP contribution is -2.34. The van der Waals surface area contributed by atoms with Crippen LogP contribution >= 0.6 is 0 Å². The number of rotatable bonds is 7. The number of carbonyl (C=O) groups is 2. The van der Waals surface area contributed by atoms with Crippen molar-refractivity contribution in [2.45, 2.75) is 19.8 Å². The van der Waals surface area contributed by atoms with Gasteiger partial charge in [-0.25, -0.2) is 4.90 Å². The number of hydrogen-bond acceptors (Lipinski definition) is 5. The fourth-order valence-electron chi connectivity index (χ4n) is 4.52. The first kappa shape index (κ1) is 21.8. The maximum atomic E-state index is 13.8. The Bertz CT molecular complexity index is 1280. The van der Waals surface area contributed by atoms with Crippen LogP contribution in [0.2, 0.25) is 0 Å². The lowest BCUT2D eigenvalue weighted by Gasteiger charge is -2.22. The third kappa shape index (κ3) is 3.71. The Labute approximate surface area is 199 Å². The molecule has 34 heavy (non-hydrogen) atoms. The number of ether oxygens (including phenoxy) is 2. The maximum absolute atomic E-state index is 13.8. The molecule has 2 heterocycles. The zero-order valence-electron chi connectivity index (χ0n) is 19.3. The van der Waals surface area contributed by atoms with Gasteiger partial charge in [-0.3, -0.25) is 9.59 Å². The molecule has 0 aliphatic carbocycles. The van der Waals surface area contributed by atoms with Crippen LogP contribution in [0.4, 0.5) is 11.4 Å². The minimum absolute atomic E-state index is 0.337. The third-order valence-corrected chi connectivity index (χ3v) is 6.14. The summed E-state index contributed by atoms with van der Waals surface area (Å²) in [6.45, 7) is 3.31. The molecule has 0 bridgehead atoms. The van der Waals surface area contributed by atoms with Gasteiger partial charge in [-0.05, 0) is 54.3 Å². The zero-order chi connectivity index (χ0) is 23.7. The van der Waals surface area contributed by atoms with Crippen molar-refractivity contribution >= 4 is 28.8 Å². The fraction of sp³-hybridized carbons (Fsp3) is 0.214. The predicted molar refractivity (Wildman–Crippen MR) is 132 cm³/mol. The summed E-state index contributed by atoms with van der Waals surface area (Å²) in [4.78, 5) is 30.9. The first-order chi connectivity index (χ1) is 16.6. The number of nitrogens with zero attached hydrogens (tertiary/aromatic N) is 2. The number of imide groups is 1. The van der Waals surface area contributed by atoms with Gasteiger partial charge in [0.2, 0.25) is 0 Å². The molecule has 3 aromatic carbocycles. The summed E-state index contributed by atoms with van der Waals surface area (Å²) in [6, 6.07) is 22.4. The number of carbonyl (C=O) groups excluding carboxylic acids is 2. The van der Waals surface area contributed by atoms with Gasteiger partial charge in [-0.1, -0.05) is 43.3 Å². The van der Waals surface area contributed by atoms with Gasteiger partial charge in [-0.15, -0.1) is 0 Å². The second-order valence-electron chi connectivity index (χ2n) is 8.27. The Morgan fingerprint density at radius 2 is 1.68 bits per heavy atom. The van der Waals surface area contributed by atoms with Crippen molar-refractivity contribution in [2.24, 2.45) is 0 Å². The fourth-order valence-corrected chi connectivity index (χ4v) is 4.52. The van der Waals surface area contributed by atoms with Gasteiger partial charge in [0.15, 0.2) is 0 Å². The largest absolute Gasteiger partial charge is 0.497 e. The Balaban J connectivity index is 1.61. The molecule has 3 aromatic rings. The summed E-state index contributed by atoms with van der Waals surface area (Å²) in [6.07, 6.45) is 1.73. The van der Waals surface area contributed by atoms with E-state index in [-0.39, 0.29) is 11.8 Å². The van der Waals surface area contributed by atoms with E-state index in [0.717, 1.165) is 29.8 Å². The molecule has 0 spiro atoms. The second-order valence-corrected chi connectivity index (χ2v) is 8.27. The molecule has 2 aliphatic rings. The third-order valence-electron chi connectivity index (χ3n) is 6.14. The Morgan fingerprint density at radius 3 is 2.44 bits per heavy atom. The van der Waals surface area contributed by atoms with Crippen LogP contribution in [0.5, 0.6) is 11.5 Å². The smallest absolute Gasteiger partial charge is 0.282 e. The number of benzene rings is 3. The maximum Gasteiger partial charge on any atom is 0.282 e. The quantitative estimate of drug-likeness (QED) is 0.479. The average molecular weight is 455 g/mol.